The summed E-state index contributed by atoms with van der Waals surface area (Å²) in [7, 11) is 0. The highest BCUT2D eigenvalue weighted by atomic mass is 17.3. The van der Waals surface area contributed by atoms with Crippen LogP contribution in [-0.4, -0.2) is 27.3 Å². The largest absolute Gasteiger partial charge is 0.340 e. The van der Waals surface area contributed by atoms with Crippen LogP contribution in [0.5, 0.6) is 5.75 Å². The SMILES string of the molecule is CC(C)c1cccc(OO)c1C(C)C.CCC(C)(OO)OOC(C)(CC)OO. The molecule has 0 aromatic heterocycles. The third-order valence-corrected chi connectivity index (χ3v) is 4.46. The van der Waals surface area contributed by atoms with Gasteiger partial charge in [0.2, 0.25) is 11.6 Å². The van der Waals surface area contributed by atoms with E-state index in [0.29, 0.717) is 30.4 Å². The van der Waals surface area contributed by atoms with Crippen LogP contribution >= 0.6 is 0 Å². The molecule has 0 aliphatic carbocycles. The predicted molar refractivity (Wildman–Crippen MR) is 105 cm³/mol. The van der Waals surface area contributed by atoms with Gasteiger partial charge in [-0.3, -0.25) is 0 Å². The Morgan fingerprint density at radius 3 is 1.57 bits per heavy atom. The van der Waals surface area contributed by atoms with Gasteiger partial charge in [0.15, 0.2) is 5.75 Å². The van der Waals surface area contributed by atoms with Crippen LogP contribution in [0.2, 0.25) is 0 Å². The van der Waals surface area contributed by atoms with Crippen LogP contribution in [0.3, 0.4) is 0 Å². The van der Waals surface area contributed by atoms with Gasteiger partial charge >= 0.3 is 0 Å². The van der Waals surface area contributed by atoms with Gasteiger partial charge in [-0.1, -0.05) is 53.7 Å². The van der Waals surface area contributed by atoms with Gasteiger partial charge in [0.05, 0.1) is 0 Å². The van der Waals surface area contributed by atoms with Crippen molar-refractivity contribution in [3.8, 4) is 5.75 Å². The fraction of sp³-hybridized carbons (Fsp3) is 0.700. The topological polar surface area (TPSA) is 107 Å². The van der Waals surface area contributed by atoms with Gasteiger partial charge in [0, 0.05) is 18.4 Å². The van der Waals surface area contributed by atoms with Crippen molar-refractivity contribution in [1.29, 1.82) is 0 Å². The Kier molecular flexibility index (Phi) is 11.8. The summed E-state index contributed by atoms with van der Waals surface area (Å²) in [6, 6.07) is 5.79. The minimum Gasteiger partial charge on any atom is -0.340 e. The summed E-state index contributed by atoms with van der Waals surface area (Å²) >= 11 is 0. The predicted octanol–water partition coefficient (Wildman–Crippen LogP) is 5.95. The van der Waals surface area contributed by atoms with Gasteiger partial charge in [-0.15, -0.1) is 0 Å². The average Bonchev–Trinajstić information content (AvgIpc) is 2.71. The highest BCUT2D eigenvalue weighted by Gasteiger charge is 2.33. The molecule has 0 aliphatic rings. The lowest BCUT2D eigenvalue weighted by molar-refractivity contribution is -0.566. The van der Waals surface area contributed by atoms with E-state index in [1.165, 1.54) is 19.4 Å². The van der Waals surface area contributed by atoms with Crippen molar-refractivity contribution in [2.45, 2.75) is 91.6 Å². The zero-order valence-electron chi connectivity index (χ0n) is 18.2. The summed E-state index contributed by atoms with van der Waals surface area (Å²) in [4.78, 5) is 22.2. The van der Waals surface area contributed by atoms with Crippen LogP contribution in [0, 0.1) is 0 Å². The normalized spacial score (nSPS) is 15.6. The van der Waals surface area contributed by atoms with Gasteiger partial charge in [0.1, 0.15) is 0 Å². The van der Waals surface area contributed by atoms with E-state index in [2.05, 4.69) is 48.4 Å². The Labute approximate surface area is 167 Å². The first-order valence-electron chi connectivity index (χ1n) is 9.49. The first-order valence-corrected chi connectivity index (χ1v) is 9.49. The molecular formula is C20H36O8. The van der Waals surface area contributed by atoms with Crippen molar-refractivity contribution in [3.63, 3.8) is 0 Å². The Bertz CT molecular complexity index is 533. The van der Waals surface area contributed by atoms with Crippen LogP contribution in [0.4, 0.5) is 0 Å². The smallest absolute Gasteiger partial charge is 0.230 e. The molecule has 0 bridgehead atoms. The number of benzene rings is 1. The molecule has 2 atom stereocenters. The number of rotatable bonds is 10. The van der Waals surface area contributed by atoms with E-state index >= 15 is 0 Å². The summed E-state index contributed by atoms with van der Waals surface area (Å²) in [5.41, 5.74) is 2.34. The fourth-order valence-electron chi connectivity index (χ4n) is 2.22. The van der Waals surface area contributed by atoms with Crippen molar-refractivity contribution < 1.29 is 40.2 Å². The Morgan fingerprint density at radius 1 is 0.821 bits per heavy atom. The Balaban J connectivity index is 0.000000521. The zero-order valence-corrected chi connectivity index (χ0v) is 18.2. The molecule has 0 spiro atoms. The van der Waals surface area contributed by atoms with Gasteiger partial charge in [-0.2, -0.15) is 9.78 Å². The van der Waals surface area contributed by atoms with Gasteiger partial charge in [-0.05, 0) is 37.3 Å². The number of hydrogen-bond acceptors (Lipinski definition) is 8. The highest BCUT2D eigenvalue weighted by molar-refractivity contribution is 5.43. The molecule has 1 aromatic rings. The maximum absolute atomic E-state index is 8.77. The van der Waals surface area contributed by atoms with E-state index < -0.39 is 11.6 Å². The van der Waals surface area contributed by atoms with Crippen LogP contribution in [0.1, 0.15) is 91.2 Å². The third-order valence-electron chi connectivity index (χ3n) is 4.46. The molecule has 164 valence electrons. The standard InChI is InChI=1S/C12H18O2.C8H18O6/c1-8(2)10-6-5-7-11(14-13)12(10)9(3)4;1-5-7(3,11-9)13-14-8(4,6-2)12-10/h5-9,13H,1-4H3;9-10H,5-6H2,1-4H3. The van der Waals surface area contributed by atoms with Crippen molar-refractivity contribution in [1.82, 2.24) is 0 Å². The first kappa shape index (κ1) is 26.7. The van der Waals surface area contributed by atoms with Crippen molar-refractivity contribution >= 4 is 0 Å². The summed E-state index contributed by atoms with van der Waals surface area (Å²) in [5.74, 6) is -1.16. The highest BCUT2D eigenvalue weighted by Crippen LogP contribution is 2.33. The van der Waals surface area contributed by atoms with Crippen molar-refractivity contribution in [2.24, 2.45) is 0 Å². The van der Waals surface area contributed by atoms with Crippen LogP contribution in [-0.2, 0) is 19.6 Å². The molecule has 0 amide bonds. The fourth-order valence-corrected chi connectivity index (χ4v) is 2.22. The molecule has 0 saturated carbocycles. The lowest BCUT2D eigenvalue weighted by Gasteiger charge is -2.29. The quantitative estimate of drug-likeness (QED) is 0.249. The molecule has 1 aromatic carbocycles. The van der Waals surface area contributed by atoms with Crippen LogP contribution in [0.15, 0.2) is 18.2 Å². The van der Waals surface area contributed by atoms with Crippen molar-refractivity contribution in [3.05, 3.63) is 29.3 Å². The Hall–Kier alpha value is -1.26. The number of hydrogen-bond donors (Lipinski definition) is 3. The maximum atomic E-state index is 8.77. The van der Waals surface area contributed by atoms with Gasteiger partial charge in [0.25, 0.3) is 0 Å². The molecule has 28 heavy (non-hydrogen) atoms. The van der Waals surface area contributed by atoms with E-state index in [0.717, 1.165) is 5.56 Å². The second-order valence-corrected chi connectivity index (χ2v) is 7.48. The maximum Gasteiger partial charge on any atom is 0.230 e. The molecule has 0 radical (unpaired) electrons. The summed E-state index contributed by atoms with van der Waals surface area (Å²) in [6.45, 7) is 14.9. The summed E-state index contributed by atoms with van der Waals surface area (Å²) < 4.78 is 0. The Morgan fingerprint density at radius 2 is 1.29 bits per heavy atom. The lowest BCUT2D eigenvalue weighted by Crippen LogP contribution is -2.38. The second kappa shape index (κ2) is 12.3. The first-order chi connectivity index (χ1) is 13.0. The molecule has 0 fully saturated rings. The minimum absolute atomic E-state index is 0.357. The molecule has 8 heteroatoms. The van der Waals surface area contributed by atoms with E-state index in [4.69, 9.17) is 25.5 Å². The molecule has 2 unspecified atom stereocenters. The minimum atomic E-state index is -1.27. The molecule has 0 heterocycles. The molecule has 0 aliphatic heterocycles. The third kappa shape index (κ3) is 8.00. The van der Waals surface area contributed by atoms with E-state index in [9.17, 15) is 0 Å². The van der Waals surface area contributed by atoms with Gasteiger partial charge in [-0.25, -0.2) is 25.5 Å². The average molecular weight is 405 g/mol. The van der Waals surface area contributed by atoms with Crippen LogP contribution < -0.4 is 4.89 Å². The zero-order chi connectivity index (χ0) is 22.0. The van der Waals surface area contributed by atoms with Gasteiger partial charge < -0.3 is 4.89 Å². The van der Waals surface area contributed by atoms with E-state index in [1.54, 1.807) is 19.9 Å². The summed E-state index contributed by atoms with van der Waals surface area (Å²) in [6.07, 6.45) is 0.740. The van der Waals surface area contributed by atoms with Crippen LogP contribution in [0.25, 0.3) is 0 Å². The molecule has 0 saturated heterocycles. The molecule has 3 N–H and O–H groups in total. The van der Waals surface area contributed by atoms with E-state index in [1.807, 2.05) is 6.07 Å². The second-order valence-electron chi connectivity index (χ2n) is 7.48. The molecule has 1 rings (SSSR count). The lowest BCUT2D eigenvalue weighted by atomic mass is 9.90. The molecular weight excluding hydrogens is 368 g/mol. The van der Waals surface area contributed by atoms with Crippen molar-refractivity contribution in [2.75, 3.05) is 0 Å². The molecule has 8 nitrogen and oxygen atoms in total. The summed E-state index contributed by atoms with van der Waals surface area (Å²) in [5, 5.41) is 25.8. The monoisotopic (exact) mass is 404 g/mol. The van der Waals surface area contributed by atoms with E-state index in [-0.39, 0.29) is 0 Å².